The summed E-state index contributed by atoms with van der Waals surface area (Å²) in [4.78, 5) is 25.5. The van der Waals surface area contributed by atoms with E-state index in [1.165, 1.54) is 12.1 Å². The molecule has 4 aromatic rings. The molecule has 35 heavy (non-hydrogen) atoms. The zero-order valence-corrected chi connectivity index (χ0v) is 19.4. The maximum atomic E-state index is 13.8. The van der Waals surface area contributed by atoms with Gasteiger partial charge in [0, 0.05) is 17.1 Å². The minimum absolute atomic E-state index is 0.0890. The van der Waals surface area contributed by atoms with Gasteiger partial charge in [0.25, 0.3) is 5.56 Å². The van der Waals surface area contributed by atoms with Crippen LogP contribution in [0, 0.1) is 12.7 Å². The van der Waals surface area contributed by atoms with E-state index in [4.69, 9.17) is 4.74 Å². The van der Waals surface area contributed by atoms with Crippen molar-refractivity contribution in [3.63, 3.8) is 0 Å². The van der Waals surface area contributed by atoms with E-state index >= 15 is 0 Å². The zero-order chi connectivity index (χ0) is 24.7. The average molecular weight is 473 g/mol. The summed E-state index contributed by atoms with van der Waals surface area (Å²) in [6.45, 7) is 4.77. The number of nitrogens with one attached hydrogen (secondary N) is 1. The zero-order valence-electron chi connectivity index (χ0n) is 19.4. The number of carboxylic acids is 1. The van der Waals surface area contributed by atoms with E-state index in [0.29, 0.717) is 30.0 Å². The number of hydrogen-bond donors (Lipinski definition) is 2. The molecule has 7 heteroatoms. The monoisotopic (exact) mass is 472 g/mol. The number of aryl methyl sites for hydroxylation is 1. The molecule has 1 aromatic heterocycles. The fraction of sp³-hybridized carbons (Fsp3) is 0.214. The Balaban J connectivity index is 1.70. The molecule has 3 aromatic carbocycles. The highest BCUT2D eigenvalue weighted by molar-refractivity contribution is 5.94. The number of rotatable bonds is 6. The Hall–Kier alpha value is -3.97. The first kappa shape index (κ1) is 22.8. The molecule has 0 bridgehead atoms. The van der Waals surface area contributed by atoms with Crippen molar-refractivity contribution in [2.24, 2.45) is 0 Å². The van der Waals surface area contributed by atoms with Crippen molar-refractivity contribution in [1.29, 1.82) is 0 Å². The fourth-order valence-electron chi connectivity index (χ4n) is 4.65. The summed E-state index contributed by atoms with van der Waals surface area (Å²) in [5.74, 6) is -1.36. The van der Waals surface area contributed by atoms with E-state index in [9.17, 15) is 19.1 Å². The van der Waals surface area contributed by atoms with Crippen LogP contribution in [0.25, 0.3) is 22.0 Å². The molecule has 6 nitrogen and oxygen atoms in total. The Morgan fingerprint density at radius 1 is 1.09 bits per heavy atom. The van der Waals surface area contributed by atoms with Crippen molar-refractivity contribution in [3.8, 4) is 11.3 Å². The number of nitrogens with zero attached hydrogens (tertiary/aromatic N) is 1. The third-order valence-electron chi connectivity index (χ3n) is 6.47. The second-order valence-electron chi connectivity index (χ2n) is 8.94. The largest absolute Gasteiger partial charge is 0.478 e. The summed E-state index contributed by atoms with van der Waals surface area (Å²) < 4.78 is 20.8. The van der Waals surface area contributed by atoms with E-state index in [2.05, 4.69) is 5.32 Å². The minimum atomic E-state index is -1.02. The maximum absolute atomic E-state index is 13.8. The van der Waals surface area contributed by atoms with Crippen LogP contribution < -0.4 is 10.9 Å². The maximum Gasteiger partial charge on any atom is 0.337 e. The predicted molar refractivity (Wildman–Crippen MR) is 134 cm³/mol. The number of aromatic carboxylic acids is 1. The molecule has 1 fully saturated rings. The molecule has 178 valence electrons. The summed E-state index contributed by atoms with van der Waals surface area (Å²) in [7, 11) is 0. The van der Waals surface area contributed by atoms with Crippen molar-refractivity contribution in [3.05, 3.63) is 99.6 Å². The number of pyridine rings is 1. The average Bonchev–Trinajstić information content (AvgIpc) is 2.80. The van der Waals surface area contributed by atoms with Gasteiger partial charge >= 0.3 is 5.97 Å². The first-order chi connectivity index (χ1) is 16.8. The Labute approximate surface area is 201 Å². The van der Waals surface area contributed by atoms with Gasteiger partial charge in [0.1, 0.15) is 5.82 Å². The number of ether oxygens (including phenoxy) is 1. The van der Waals surface area contributed by atoms with Gasteiger partial charge < -0.3 is 19.7 Å². The summed E-state index contributed by atoms with van der Waals surface area (Å²) >= 11 is 0. The number of para-hydroxylation sites is 1. The van der Waals surface area contributed by atoms with E-state index in [0.717, 1.165) is 22.1 Å². The summed E-state index contributed by atoms with van der Waals surface area (Å²) in [5, 5.41) is 14.2. The second kappa shape index (κ2) is 9.00. The molecule has 0 radical (unpaired) electrons. The minimum Gasteiger partial charge on any atom is -0.478 e. The lowest BCUT2D eigenvalue weighted by molar-refractivity contribution is -0.0238. The number of hydrogen-bond acceptors (Lipinski definition) is 4. The molecule has 1 aliphatic rings. The van der Waals surface area contributed by atoms with E-state index in [1.54, 1.807) is 41.0 Å². The van der Waals surface area contributed by atoms with Crippen molar-refractivity contribution in [2.45, 2.75) is 25.9 Å². The molecule has 2 N–H and O–H groups in total. The van der Waals surface area contributed by atoms with Crippen LogP contribution in [0.4, 0.5) is 10.1 Å². The highest BCUT2D eigenvalue weighted by atomic mass is 19.1. The number of fused-ring (bicyclic) bond motifs is 1. The number of aromatic nitrogens is 1. The topological polar surface area (TPSA) is 80.6 Å². The van der Waals surface area contributed by atoms with Crippen LogP contribution >= 0.6 is 0 Å². The third-order valence-corrected chi connectivity index (χ3v) is 6.47. The molecule has 1 atom stereocenters. The summed E-state index contributed by atoms with van der Waals surface area (Å²) in [6, 6.07) is 18.3. The van der Waals surface area contributed by atoms with Gasteiger partial charge in [-0.25, -0.2) is 9.18 Å². The third kappa shape index (κ3) is 4.19. The van der Waals surface area contributed by atoms with E-state index in [-0.39, 0.29) is 29.0 Å². The van der Waals surface area contributed by atoms with Crippen molar-refractivity contribution < 1.29 is 19.0 Å². The van der Waals surface area contributed by atoms with E-state index < -0.39 is 5.97 Å². The van der Waals surface area contributed by atoms with Gasteiger partial charge in [-0.2, -0.15) is 0 Å². The number of benzene rings is 3. The van der Waals surface area contributed by atoms with Crippen LogP contribution in [0.3, 0.4) is 0 Å². The molecule has 0 spiro atoms. The van der Waals surface area contributed by atoms with Gasteiger partial charge in [0.05, 0.1) is 30.5 Å². The van der Waals surface area contributed by atoms with Crippen LogP contribution in [-0.4, -0.2) is 28.9 Å². The Bertz CT molecular complexity index is 1490. The Morgan fingerprint density at radius 2 is 1.80 bits per heavy atom. The number of carbonyl (C=O) groups is 1. The number of halogens is 1. The van der Waals surface area contributed by atoms with Gasteiger partial charge in [-0.15, -0.1) is 0 Å². The van der Waals surface area contributed by atoms with Crippen LogP contribution in [0.15, 0.2) is 71.5 Å². The predicted octanol–water partition coefficient (Wildman–Crippen LogP) is 5.56. The Kier molecular flexibility index (Phi) is 5.86. The normalized spacial score (nSPS) is 14.5. The molecule has 1 unspecified atom stereocenters. The summed E-state index contributed by atoms with van der Waals surface area (Å²) in [6.07, 6.45) is 0. The smallest absolute Gasteiger partial charge is 0.337 e. The van der Waals surface area contributed by atoms with Crippen LogP contribution in [0.1, 0.15) is 40.5 Å². The highest BCUT2D eigenvalue weighted by Crippen LogP contribution is 2.33. The SMILES string of the molecule is Cc1cc(C(C)Nc2ccccc2C(=O)O)c2cc(-c3ccc(F)cc3)n(C3COC3)c(=O)c2c1. The Morgan fingerprint density at radius 3 is 2.46 bits per heavy atom. The van der Waals surface area contributed by atoms with Gasteiger partial charge in [-0.3, -0.25) is 4.79 Å². The lowest BCUT2D eigenvalue weighted by atomic mass is 9.95. The lowest BCUT2D eigenvalue weighted by Crippen LogP contribution is -2.38. The molecule has 1 saturated heterocycles. The van der Waals surface area contributed by atoms with Crippen molar-refractivity contribution >= 4 is 22.4 Å². The van der Waals surface area contributed by atoms with Gasteiger partial charge in [-0.05, 0) is 84.5 Å². The summed E-state index contributed by atoms with van der Waals surface area (Å²) in [5.41, 5.74) is 3.78. The quantitative estimate of drug-likeness (QED) is 0.384. The van der Waals surface area contributed by atoms with Crippen molar-refractivity contribution in [1.82, 2.24) is 4.57 Å². The molecule has 0 amide bonds. The van der Waals surface area contributed by atoms with Crippen LogP contribution in [-0.2, 0) is 4.74 Å². The standard InChI is InChI=1S/C28H25FN2O4/c1-16-11-22(17(2)30-25-6-4-3-5-21(25)28(33)34)23-13-26(18-7-9-19(29)10-8-18)31(20-14-35-15-20)27(32)24(23)12-16/h3-13,17,20,30H,14-15H2,1-2H3,(H,33,34). The van der Waals surface area contributed by atoms with Crippen LogP contribution in [0.2, 0.25) is 0 Å². The highest BCUT2D eigenvalue weighted by Gasteiger charge is 2.26. The molecule has 0 saturated carbocycles. The lowest BCUT2D eigenvalue weighted by Gasteiger charge is -2.31. The first-order valence-electron chi connectivity index (χ1n) is 11.5. The first-order valence-corrected chi connectivity index (χ1v) is 11.5. The molecular formula is C28H25FN2O4. The second-order valence-corrected chi connectivity index (χ2v) is 8.94. The van der Waals surface area contributed by atoms with Crippen LogP contribution in [0.5, 0.6) is 0 Å². The fourth-order valence-corrected chi connectivity index (χ4v) is 4.65. The number of anilines is 1. The molecule has 1 aliphatic heterocycles. The van der Waals surface area contributed by atoms with Gasteiger partial charge in [-0.1, -0.05) is 18.2 Å². The van der Waals surface area contributed by atoms with E-state index in [1.807, 2.05) is 32.0 Å². The molecule has 2 heterocycles. The van der Waals surface area contributed by atoms with Gasteiger partial charge in [0.15, 0.2) is 0 Å². The van der Waals surface area contributed by atoms with Crippen molar-refractivity contribution in [2.75, 3.05) is 18.5 Å². The molecule has 5 rings (SSSR count). The van der Waals surface area contributed by atoms with Gasteiger partial charge in [0.2, 0.25) is 0 Å². The number of carboxylic acid groups (broad SMARTS) is 1. The molecule has 0 aliphatic carbocycles. The molecular weight excluding hydrogens is 447 g/mol.